The van der Waals surface area contributed by atoms with Crippen molar-refractivity contribution in [1.82, 2.24) is 5.16 Å². The number of ether oxygens (including phenoxy) is 1. The Labute approximate surface area is 135 Å². The van der Waals surface area contributed by atoms with Gasteiger partial charge in [-0.3, -0.25) is 0 Å². The molecule has 0 aliphatic rings. The molecule has 0 saturated heterocycles. The van der Waals surface area contributed by atoms with Gasteiger partial charge in [0.2, 0.25) is 0 Å². The first-order chi connectivity index (χ1) is 10.1. The molecule has 108 valence electrons. The summed E-state index contributed by atoms with van der Waals surface area (Å²) < 4.78 is 11.8. The fourth-order valence-electron chi connectivity index (χ4n) is 2.09. The number of nitrogens with two attached hydrogens (primary N) is 1. The molecule has 2 aromatic heterocycles. The highest BCUT2D eigenvalue weighted by molar-refractivity contribution is 7.20. The first kappa shape index (κ1) is 14.3. The van der Waals surface area contributed by atoms with Gasteiger partial charge in [0.15, 0.2) is 11.6 Å². The number of nitrogens with zero attached hydrogens (tertiary/aromatic N) is 1. The molecule has 2 N–H and O–H groups in total. The van der Waals surface area contributed by atoms with Gasteiger partial charge >= 0.3 is 0 Å². The van der Waals surface area contributed by atoms with Gasteiger partial charge in [-0.05, 0) is 12.1 Å². The lowest BCUT2D eigenvalue weighted by atomic mass is 10.0. The summed E-state index contributed by atoms with van der Waals surface area (Å²) in [6.07, 6.45) is 0. The van der Waals surface area contributed by atoms with Gasteiger partial charge in [0, 0.05) is 5.56 Å². The van der Waals surface area contributed by atoms with E-state index in [1.165, 1.54) is 11.3 Å². The minimum Gasteiger partial charge on any atom is -0.496 e. The molecule has 0 aliphatic heterocycles. The van der Waals surface area contributed by atoms with Crippen LogP contribution >= 0.6 is 34.5 Å². The van der Waals surface area contributed by atoms with Gasteiger partial charge < -0.3 is 15.0 Å². The van der Waals surface area contributed by atoms with E-state index in [1.54, 1.807) is 13.2 Å². The predicted octanol–water partition coefficient (Wildman–Crippen LogP) is 4.97. The van der Waals surface area contributed by atoms with Crippen LogP contribution in [0.4, 0.5) is 5.82 Å². The van der Waals surface area contributed by atoms with Crippen LogP contribution < -0.4 is 10.5 Å². The fourth-order valence-corrected chi connectivity index (χ4v) is 3.55. The number of rotatable bonds is 3. The Hall–Kier alpha value is -1.69. The highest BCUT2D eigenvalue weighted by Gasteiger charge is 2.23. The van der Waals surface area contributed by atoms with Gasteiger partial charge in [-0.2, -0.15) is 0 Å². The average Bonchev–Trinajstić information content (AvgIpc) is 3.01. The van der Waals surface area contributed by atoms with Crippen molar-refractivity contribution in [2.75, 3.05) is 12.8 Å². The summed E-state index contributed by atoms with van der Waals surface area (Å²) >= 11 is 13.4. The van der Waals surface area contributed by atoms with E-state index in [0.29, 0.717) is 31.3 Å². The standard InChI is InChI=1S/C14H10Cl2N2O2S/c1-19-9-5-3-2-4-7(9)11-12(20-18-14(11)17)8-6-10(15)21-13(8)16/h2-6H,1H3,(H2,17,18). The molecule has 4 nitrogen and oxygen atoms in total. The highest BCUT2D eigenvalue weighted by Crippen LogP contribution is 2.45. The Bertz CT molecular complexity index is 798. The number of para-hydroxylation sites is 1. The number of anilines is 1. The molecule has 21 heavy (non-hydrogen) atoms. The first-order valence-corrected chi connectivity index (χ1v) is 7.52. The molecular weight excluding hydrogens is 331 g/mol. The van der Waals surface area contributed by atoms with Crippen molar-refractivity contribution in [1.29, 1.82) is 0 Å². The van der Waals surface area contributed by atoms with Crippen molar-refractivity contribution < 1.29 is 9.26 Å². The SMILES string of the molecule is COc1ccccc1-c1c(N)noc1-c1cc(Cl)sc1Cl. The summed E-state index contributed by atoms with van der Waals surface area (Å²) in [5, 5.41) is 3.85. The Kier molecular flexibility index (Phi) is 3.80. The predicted molar refractivity (Wildman–Crippen MR) is 86.2 cm³/mol. The number of hydrogen-bond donors (Lipinski definition) is 1. The van der Waals surface area contributed by atoms with E-state index in [1.807, 2.05) is 24.3 Å². The molecule has 0 bridgehead atoms. The second-order valence-corrected chi connectivity index (χ2v) is 6.50. The topological polar surface area (TPSA) is 61.3 Å². The number of hydrogen-bond acceptors (Lipinski definition) is 5. The van der Waals surface area contributed by atoms with Crippen molar-refractivity contribution in [2.24, 2.45) is 0 Å². The number of aromatic nitrogens is 1. The van der Waals surface area contributed by atoms with Gasteiger partial charge in [-0.15, -0.1) is 11.3 Å². The summed E-state index contributed by atoms with van der Waals surface area (Å²) in [5.41, 5.74) is 8.05. The fraction of sp³-hybridized carbons (Fsp3) is 0.0714. The van der Waals surface area contributed by atoms with Crippen molar-refractivity contribution in [3.8, 4) is 28.2 Å². The van der Waals surface area contributed by atoms with Crippen LogP contribution in [0.15, 0.2) is 34.9 Å². The van der Waals surface area contributed by atoms with Gasteiger partial charge in [0.05, 0.1) is 22.6 Å². The van der Waals surface area contributed by atoms with Gasteiger partial charge in [0.25, 0.3) is 0 Å². The Balaban J connectivity index is 2.25. The van der Waals surface area contributed by atoms with Gasteiger partial charge in [-0.25, -0.2) is 0 Å². The molecule has 0 fully saturated rings. The van der Waals surface area contributed by atoms with Gasteiger partial charge in [0.1, 0.15) is 10.1 Å². The van der Waals surface area contributed by atoms with E-state index < -0.39 is 0 Å². The lowest BCUT2D eigenvalue weighted by Crippen LogP contribution is -1.92. The molecule has 0 aliphatic carbocycles. The molecule has 1 aromatic carbocycles. The Morgan fingerprint density at radius 1 is 1.24 bits per heavy atom. The normalized spacial score (nSPS) is 10.8. The lowest BCUT2D eigenvalue weighted by Gasteiger charge is -2.08. The van der Waals surface area contributed by atoms with E-state index in [0.717, 1.165) is 5.56 Å². The third-order valence-electron chi connectivity index (χ3n) is 3.00. The van der Waals surface area contributed by atoms with E-state index in [4.69, 9.17) is 38.2 Å². The smallest absolute Gasteiger partial charge is 0.179 e. The van der Waals surface area contributed by atoms with Crippen molar-refractivity contribution in [3.63, 3.8) is 0 Å². The number of thiophene rings is 1. The van der Waals surface area contributed by atoms with Crippen LogP contribution in [0.1, 0.15) is 0 Å². The molecule has 3 aromatic rings. The maximum Gasteiger partial charge on any atom is 0.179 e. The minimum absolute atomic E-state index is 0.271. The van der Waals surface area contributed by atoms with E-state index in [-0.39, 0.29) is 5.82 Å². The molecule has 3 rings (SSSR count). The summed E-state index contributed by atoms with van der Waals surface area (Å²) in [4.78, 5) is 0. The molecule has 2 heterocycles. The lowest BCUT2D eigenvalue weighted by molar-refractivity contribution is 0.416. The monoisotopic (exact) mass is 340 g/mol. The second-order valence-electron chi connectivity index (χ2n) is 4.21. The van der Waals surface area contributed by atoms with Crippen LogP contribution in [0.25, 0.3) is 22.5 Å². The molecule has 0 unspecified atom stereocenters. The number of halogens is 2. The molecule has 0 saturated carbocycles. The van der Waals surface area contributed by atoms with Crippen molar-refractivity contribution >= 4 is 40.4 Å². The van der Waals surface area contributed by atoms with Crippen LogP contribution in [0.2, 0.25) is 8.67 Å². The molecule has 0 atom stereocenters. The summed E-state index contributed by atoms with van der Waals surface area (Å²) in [5.74, 6) is 1.42. The Morgan fingerprint density at radius 3 is 2.67 bits per heavy atom. The summed E-state index contributed by atoms with van der Waals surface area (Å²) in [7, 11) is 1.59. The second kappa shape index (κ2) is 5.60. The molecule has 0 spiro atoms. The van der Waals surface area contributed by atoms with Crippen molar-refractivity contribution in [3.05, 3.63) is 39.0 Å². The number of methoxy groups -OCH3 is 1. The van der Waals surface area contributed by atoms with E-state index in [2.05, 4.69) is 5.16 Å². The maximum atomic E-state index is 6.20. The zero-order valence-electron chi connectivity index (χ0n) is 10.9. The zero-order chi connectivity index (χ0) is 15.0. The molecule has 7 heteroatoms. The quantitative estimate of drug-likeness (QED) is 0.731. The van der Waals surface area contributed by atoms with Crippen LogP contribution in [0, 0.1) is 0 Å². The first-order valence-electron chi connectivity index (χ1n) is 5.95. The highest BCUT2D eigenvalue weighted by atomic mass is 35.5. The Morgan fingerprint density at radius 2 is 2.00 bits per heavy atom. The summed E-state index contributed by atoms with van der Waals surface area (Å²) in [6, 6.07) is 9.21. The van der Waals surface area contributed by atoms with E-state index in [9.17, 15) is 0 Å². The zero-order valence-corrected chi connectivity index (χ0v) is 13.2. The van der Waals surface area contributed by atoms with Gasteiger partial charge in [-0.1, -0.05) is 46.6 Å². The molecular formula is C14H10Cl2N2O2S. The van der Waals surface area contributed by atoms with Crippen LogP contribution in [-0.2, 0) is 0 Å². The van der Waals surface area contributed by atoms with Crippen LogP contribution in [-0.4, -0.2) is 12.3 Å². The minimum atomic E-state index is 0.271. The van der Waals surface area contributed by atoms with Crippen LogP contribution in [0.5, 0.6) is 5.75 Å². The van der Waals surface area contributed by atoms with Crippen molar-refractivity contribution in [2.45, 2.75) is 0 Å². The third-order valence-corrected chi connectivity index (χ3v) is 4.48. The largest absolute Gasteiger partial charge is 0.496 e. The third kappa shape index (κ3) is 2.48. The number of benzene rings is 1. The maximum absolute atomic E-state index is 6.20. The van der Waals surface area contributed by atoms with E-state index >= 15 is 0 Å². The molecule has 0 radical (unpaired) electrons. The number of nitrogen functional groups attached to an aromatic ring is 1. The summed E-state index contributed by atoms with van der Waals surface area (Å²) in [6.45, 7) is 0. The average molecular weight is 341 g/mol. The van der Waals surface area contributed by atoms with Crippen LogP contribution in [0.3, 0.4) is 0 Å². The molecule has 0 amide bonds.